The van der Waals surface area contributed by atoms with Gasteiger partial charge in [0.25, 0.3) is 0 Å². The first kappa shape index (κ1) is 14.8. The van der Waals surface area contributed by atoms with Crippen LogP contribution in [0.5, 0.6) is 0 Å². The summed E-state index contributed by atoms with van der Waals surface area (Å²) in [7, 11) is 0. The van der Waals surface area contributed by atoms with Crippen molar-refractivity contribution in [2.45, 2.75) is 71.4 Å². The van der Waals surface area contributed by atoms with Crippen LogP contribution < -0.4 is 10.6 Å². The van der Waals surface area contributed by atoms with Crippen LogP contribution in [0.4, 0.5) is 0 Å². The molecular formula is C16H30N2O. The summed E-state index contributed by atoms with van der Waals surface area (Å²) in [5.74, 6) is 2.26. The average Bonchev–Trinajstić information content (AvgIpc) is 2.77. The molecule has 0 radical (unpaired) electrons. The van der Waals surface area contributed by atoms with Gasteiger partial charge in [-0.1, -0.05) is 27.2 Å². The molecule has 0 bridgehead atoms. The van der Waals surface area contributed by atoms with Gasteiger partial charge in [0.1, 0.15) is 0 Å². The van der Waals surface area contributed by atoms with E-state index in [-0.39, 0.29) is 11.4 Å². The minimum absolute atomic E-state index is 0.217. The van der Waals surface area contributed by atoms with Gasteiger partial charge in [0.05, 0.1) is 5.54 Å². The Hall–Kier alpha value is -0.570. The Kier molecular flexibility index (Phi) is 4.54. The van der Waals surface area contributed by atoms with Gasteiger partial charge in [0.2, 0.25) is 5.91 Å². The number of carbonyl (C=O) groups is 1. The van der Waals surface area contributed by atoms with E-state index >= 15 is 0 Å². The van der Waals surface area contributed by atoms with E-state index in [2.05, 4.69) is 31.4 Å². The Labute approximate surface area is 117 Å². The SMILES string of the molecule is CC1CCC(C(C)C)C(NC(=O)C2(C)CCCN2)C1. The number of rotatable bonds is 3. The third-order valence-corrected chi connectivity index (χ3v) is 5.21. The number of nitrogens with one attached hydrogen (secondary N) is 2. The zero-order valence-electron chi connectivity index (χ0n) is 13.0. The van der Waals surface area contributed by atoms with Crippen LogP contribution in [0.2, 0.25) is 0 Å². The fourth-order valence-electron chi connectivity index (χ4n) is 3.78. The average molecular weight is 266 g/mol. The molecule has 1 saturated carbocycles. The highest BCUT2D eigenvalue weighted by atomic mass is 16.2. The summed E-state index contributed by atoms with van der Waals surface area (Å²) < 4.78 is 0. The summed E-state index contributed by atoms with van der Waals surface area (Å²) in [5, 5.41) is 6.73. The van der Waals surface area contributed by atoms with Gasteiger partial charge in [-0.15, -0.1) is 0 Å². The van der Waals surface area contributed by atoms with Gasteiger partial charge >= 0.3 is 0 Å². The highest BCUT2D eigenvalue weighted by Crippen LogP contribution is 2.34. The van der Waals surface area contributed by atoms with Gasteiger partial charge in [-0.05, 0) is 56.9 Å². The van der Waals surface area contributed by atoms with Crippen LogP contribution in [0.25, 0.3) is 0 Å². The lowest BCUT2D eigenvalue weighted by Crippen LogP contribution is -2.56. The van der Waals surface area contributed by atoms with Gasteiger partial charge in [-0.25, -0.2) is 0 Å². The molecule has 0 aromatic heterocycles. The quantitative estimate of drug-likeness (QED) is 0.824. The smallest absolute Gasteiger partial charge is 0.240 e. The molecule has 110 valence electrons. The van der Waals surface area contributed by atoms with E-state index in [0.29, 0.717) is 17.9 Å². The van der Waals surface area contributed by atoms with E-state index in [1.807, 2.05) is 6.92 Å². The molecule has 2 rings (SSSR count). The Bertz CT molecular complexity index is 321. The van der Waals surface area contributed by atoms with Crippen molar-refractivity contribution in [3.8, 4) is 0 Å². The molecule has 19 heavy (non-hydrogen) atoms. The largest absolute Gasteiger partial charge is 0.351 e. The van der Waals surface area contributed by atoms with Crippen molar-refractivity contribution in [1.82, 2.24) is 10.6 Å². The Balaban J connectivity index is 2.00. The van der Waals surface area contributed by atoms with E-state index in [1.54, 1.807) is 0 Å². The summed E-state index contributed by atoms with van der Waals surface area (Å²) >= 11 is 0. The molecule has 1 heterocycles. The highest BCUT2D eigenvalue weighted by Gasteiger charge is 2.39. The summed E-state index contributed by atoms with van der Waals surface area (Å²) in [5.41, 5.74) is -0.331. The lowest BCUT2D eigenvalue weighted by molar-refractivity contribution is -0.128. The molecular weight excluding hydrogens is 236 g/mol. The van der Waals surface area contributed by atoms with Crippen LogP contribution in [-0.2, 0) is 4.79 Å². The van der Waals surface area contributed by atoms with Crippen molar-refractivity contribution >= 4 is 5.91 Å². The van der Waals surface area contributed by atoms with Crippen molar-refractivity contribution in [2.75, 3.05) is 6.54 Å². The molecule has 4 unspecified atom stereocenters. The molecule has 3 heteroatoms. The minimum Gasteiger partial charge on any atom is -0.351 e. The molecule has 1 aliphatic heterocycles. The Morgan fingerprint density at radius 3 is 2.68 bits per heavy atom. The van der Waals surface area contributed by atoms with Crippen LogP contribution in [0.3, 0.4) is 0 Å². The Morgan fingerprint density at radius 2 is 2.11 bits per heavy atom. The lowest BCUT2D eigenvalue weighted by atomic mass is 9.74. The van der Waals surface area contributed by atoms with Crippen molar-refractivity contribution in [1.29, 1.82) is 0 Å². The molecule has 2 aliphatic rings. The maximum absolute atomic E-state index is 12.5. The van der Waals surface area contributed by atoms with Gasteiger partial charge in [-0.3, -0.25) is 4.79 Å². The first-order valence-electron chi connectivity index (χ1n) is 7.98. The zero-order chi connectivity index (χ0) is 14.0. The van der Waals surface area contributed by atoms with E-state index in [4.69, 9.17) is 0 Å². The summed E-state index contributed by atoms with van der Waals surface area (Å²) in [6.45, 7) is 9.90. The predicted octanol–water partition coefficient (Wildman–Crippen LogP) is 2.71. The molecule has 3 nitrogen and oxygen atoms in total. The molecule has 1 amide bonds. The van der Waals surface area contributed by atoms with Crippen molar-refractivity contribution in [2.24, 2.45) is 17.8 Å². The van der Waals surface area contributed by atoms with E-state index in [0.717, 1.165) is 31.7 Å². The second-order valence-corrected chi connectivity index (χ2v) is 7.27. The first-order chi connectivity index (χ1) is 8.92. The van der Waals surface area contributed by atoms with Crippen LogP contribution in [0, 0.1) is 17.8 Å². The van der Waals surface area contributed by atoms with Crippen LogP contribution >= 0.6 is 0 Å². The fraction of sp³-hybridized carbons (Fsp3) is 0.938. The third kappa shape index (κ3) is 3.31. The Morgan fingerprint density at radius 1 is 1.37 bits per heavy atom. The second kappa shape index (κ2) is 5.82. The summed E-state index contributed by atoms with van der Waals surface area (Å²) in [6.07, 6.45) is 5.79. The van der Waals surface area contributed by atoms with Crippen LogP contribution in [0.1, 0.15) is 59.8 Å². The van der Waals surface area contributed by atoms with Gasteiger partial charge in [-0.2, -0.15) is 0 Å². The van der Waals surface area contributed by atoms with Crippen LogP contribution in [-0.4, -0.2) is 24.0 Å². The van der Waals surface area contributed by atoms with E-state index < -0.39 is 0 Å². The number of amides is 1. The summed E-state index contributed by atoms with van der Waals surface area (Å²) in [4.78, 5) is 12.5. The van der Waals surface area contributed by atoms with Gasteiger partial charge in [0, 0.05) is 6.04 Å². The summed E-state index contributed by atoms with van der Waals surface area (Å²) in [6, 6.07) is 0.371. The lowest BCUT2D eigenvalue weighted by Gasteiger charge is -2.39. The number of carbonyl (C=O) groups excluding carboxylic acids is 1. The van der Waals surface area contributed by atoms with Crippen molar-refractivity contribution in [3.05, 3.63) is 0 Å². The van der Waals surface area contributed by atoms with Crippen molar-refractivity contribution in [3.63, 3.8) is 0 Å². The normalized spacial score (nSPS) is 39.5. The van der Waals surface area contributed by atoms with Crippen LogP contribution in [0.15, 0.2) is 0 Å². The molecule has 2 fully saturated rings. The number of hydrogen-bond donors (Lipinski definition) is 2. The maximum atomic E-state index is 12.5. The monoisotopic (exact) mass is 266 g/mol. The zero-order valence-corrected chi connectivity index (χ0v) is 13.0. The van der Waals surface area contributed by atoms with E-state index in [1.165, 1.54) is 12.8 Å². The van der Waals surface area contributed by atoms with Gasteiger partial charge in [0.15, 0.2) is 0 Å². The molecule has 1 saturated heterocycles. The van der Waals surface area contributed by atoms with Gasteiger partial charge < -0.3 is 10.6 Å². The fourth-order valence-corrected chi connectivity index (χ4v) is 3.78. The molecule has 0 aromatic rings. The topological polar surface area (TPSA) is 41.1 Å². The standard InChI is InChI=1S/C16H30N2O/c1-11(2)13-7-6-12(3)10-14(13)18-15(19)16(4)8-5-9-17-16/h11-14,17H,5-10H2,1-4H3,(H,18,19). The van der Waals surface area contributed by atoms with E-state index in [9.17, 15) is 4.79 Å². The molecule has 1 aliphatic carbocycles. The third-order valence-electron chi connectivity index (χ3n) is 5.21. The molecule has 2 N–H and O–H groups in total. The molecule has 0 spiro atoms. The maximum Gasteiger partial charge on any atom is 0.240 e. The second-order valence-electron chi connectivity index (χ2n) is 7.27. The first-order valence-corrected chi connectivity index (χ1v) is 7.98. The predicted molar refractivity (Wildman–Crippen MR) is 78.9 cm³/mol. The molecule has 0 aromatic carbocycles. The number of hydrogen-bond acceptors (Lipinski definition) is 2. The van der Waals surface area contributed by atoms with Crippen molar-refractivity contribution < 1.29 is 4.79 Å². The highest BCUT2D eigenvalue weighted by molar-refractivity contribution is 5.86. The molecule has 4 atom stereocenters. The minimum atomic E-state index is -0.331.